The summed E-state index contributed by atoms with van der Waals surface area (Å²) in [4.78, 5) is 0. The van der Waals surface area contributed by atoms with Gasteiger partial charge in [0.2, 0.25) is 0 Å². The number of hydrogen-bond donors (Lipinski definition) is 0. The minimum absolute atomic E-state index is 0.428. The van der Waals surface area contributed by atoms with E-state index in [4.69, 9.17) is 0 Å². The summed E-state index contributed by atoms with van der Waals surface area (Å²) in [6.45, 7) is 4.58. The van der Waals surface area contributed by atoms with Crippen LogP contribution in [0.4, 0.5) is 0 Å². The van der Waals surface area contributed by atoms with Gasteiger partial charge in [0.05, 0.1) is 0 Å². The molecule has 0 nitrogen and oxygen atoms in total. The van der Waals surface area contributed by atoms with Crippen LogP contribution in [0.15, 0.2) is 0 Å². The maximum absolute atomic E-state index is 2.30. The average molecular weight is 152 g/mol. The summed E-state index contributed by atoms with van der Waals surface area (Å²) in [7, 11) is 1.81. The summed E-state index contributed by atoms with van der Waals surface area (Å²) in [5, 5.41) is 0. The van der Waals surface area contributed by atoms with Crippen LogP contribution in [0.5, 0.6) is 0 Å². The average Bonchev–Trinajstić information content (AvgIpc) is 1.81. The Morgan fingerprint density at radius 2 is 2.00 bits per heavy atom. The van der Waals surface area contributed by atoms with Crippen LogP contribution in [-0.2, 0) is 0 Å². The SMILES string of the molecule is CCCP[PH3]CCC. The van der Waals surface area contributed by atoms with Gasteiger partial charge in [-0.2, -0.15) is 0 Å². The summed E-state index contributed by atoms with van der Waals surface area (Å²) in [5.74, 6) is 0. The van der Waals surface area contributed by atoms with E-state index < -0.39 is 0 Å². The van der Waals surface area contributed by atoms with Crippen molar-refractivity contribution in [1.29, 1.82) is 0 Å². The van der Waals surface area contributed by atoms with Gasteiger partial charge >= 0.3 is 55.6 Å². The summed E-state index contributed by atoms with van der Waals surface area (Å²) in [5.41, 5.74) is 0. The van der Waals surface area contributed by atoms with Gasteiger partial charge in [-0.15, -0.1) is 0 Å². The van der Waals surface area contributed by atoms with E-state index >= 15 is 0 Å². The minimum atomic E-state index is 0.428. The summed E-state index contributed by atoms with van der Waals surface area (Å²) in [6, 6.07) is 0. The first-order valence-electron chi connectivity index (χ1n) is 3.62. The predicted octanol–water partition coefficient (Wildman–Crippen LogP) is 2.54. The normalized spacial score (nSPS) is 11.8. The Bertz CT molecular complexity index is 31.5. The van der Waals surface area contributed by atoms with Gasteiger partial charge in [-0.05, 0) is 0 Å². The molecule has 0 spiro atoms. The molecule has 0 saturated carbocycles. The molecule has 0 aromatic heterocycles. The molecule has 0 bridgehead atoms. The van der Waals surface area contributed by atoms with Crippen molar-refractivity contribution >= 4 is 16.5 Å². The molecule has 0 aromatic rings. The van der Waals surface area contributed by atoms with Crippen LogP contribution in [0, 0.1) is 0 Å². The van der Waals surface area contributed by atoms with E-state index in [-0.39, 0.29) is 0 Å². The topological polar surface area (TPSA) is 0 Å². The van der Waals surface area contributed by atoms with Crippen molar-refractivity contribution in [3.8, 4) is 0 Å². The first-order chi connectivity index (χ1) is 3.91. The fraction of sp³-hybridized carbons (Fsp3) is 1.00. The van der Waals surface area contributed by atoms with Gasteiger partial charge < -0.3 is 0 Å². The van der Waals surface area contributed by atoms with Crippen LogP contribution >= 0.6 is 16.5 Å². The molecule has 0 amide bonds. The second-order valence-electron chi connectivity index (χ2n) is 2.10. The zero-order valence-electron chi connectivity index (χ0n) is 6.04. The Morgan fingerprint density at radius 3 is 2.50 bits per heavy atom. The fourth-order valence-corrected chi connectivity index (χ4v) is 5.43. The van der Waals surface area contributed by atoms with Crippen LogP contribution in [0.3, 0.4) is 0 Å². The molecule has 1 atom stereocenters. The van der Waals surface area contributed by atoms with E-state index in [9.17, 15) is 0 Å². The molecule has 0 fully saturated rings. The molecule has 52 valence electrons. The van der Waals surface area contributed by atoms with Crippen LogP contribution in [0.2, 0.25) is 0 Å². The molecular formula is C6H18P2. The van der Waals surface area contributed by atoms with Gasteiger partial charge in [-0.1, -0.05) is 0 Å². The van der Waals surface area contributed by atoms with Gasteiger partial charge in [0.25, 0.3) is 0 Å². The van der Waals surface area contributed by atoms with Gasteiger partial charge in [-0.3, -0.25) is 0 Å². The molecule has 2 heteroatoms. The molecule has 0 aliphatic heterocycles. The molecule has 0 rings (SSSR count). The molecule has 0 saturated heterocycles. The zero-order valence-corrected chi connectivity index (χ0v) is 8.45. The van der Waals surface area contributed by atoms with E-state index in [0.717, 1.165) is 0 Å². The summed E-state index contributed by atoms with van der Waals surface area (Å²) in [6.07, 6.45) is 5.95. The van der Waals surface area contributed by atoms with Crippen molar-refractivity contribution in [2.45, 2.75) is 26.7 Å². The number of rotatable bonds is 5. The van der Waals surface area contributed by atoms with Crippen molar-refractivity contribution in [1.82, 2.24) is 0 Å². The third-order valence-electron chi connectivity index (χ3n) is 1.13. The van der Waals surface area contributed by atoms with Crippen LogP contribution < -0.4 is 0 Å². The third-order valence-corrected chi connectivity index (χ3v) is 6.58. The molecule has 0 aliphatic rings. The van der Waals surface area contributed by atoms with Gasteiger partial charge in [-0.25, -0.2) is 0 Å². The van der Waals surface area contributed by atoms with E-state index in [2.05, 4.69) is 13.8 Å². The molecule has 0 radical (unpaired) electrons. The molecule has 0 N–H and O–H groups in total. The second-order valence-corrected chi connectivity index (χ2v) is 7.31. The molecule has 0 aliphatic carbocycles. The predicted molar refractivity (Wildman–Crippen MR) is 49.7 cm³/mol. The van der Waals surface area contributed by atoms with Gasteiger partial charge in [0, 0.05) is 0 Å². The van der Waals surface area contributed by atoms with Crippen molar-refractivity contribution in [2.24, 2.45) is 0 Å². The van der Waals surface area contributed by atoms with Gasteiger partial charge in [0.1, 0.15) is 0 Å². The van der Waals surface area contributed by atoms with Crippen molar-refractivity contribution in [3.05, 3.63) is 0 Å². The molecule has 8 heavy (non-hydrogen) atoms. The Balaban J connectivity index is 2.53. The Kier molecular flexibility index (Phi) is 8.70. The third kappa shape index (κ3) is 6.86. The Hall–Kier alpha value is 0.860. The van der Waals surface area contributed by atoms with E-state index in [1.165, 1.54) is 27.3 Å². The van der Waals surface area contributed by atoms with Crippen molar-refractivity contribution < 1.29 is 0 Å². The molecule has 0 aromatic carbocycles. The Labute approximate surface area is 56.3 Å². The summed E-state index contributed by atoms with van der Waals surface area (Å²) >= 11 is 0. The quantitative estimate of drug-likeness (QED) is 0.419. The van der Waals surface area contributed by atoms with E-state index in [1.807, 2.05) is 0 Å². The number of hydrogen-bond acceptors (Lipinski definition) is 0. The first-order valence-corrected chi connectivity index (χ1v) is 8.16. The van der Waals surface area contributed by atoms with Gasteiger partial charge in [0.15, 0.2) is 0 Å². The summed E-state index contributed by atoms with van der Waals surface area (Å²) < 4.78 is 0. The zero-order chi connectivity index (χ0) is 6.24. The standard InChI is InChI=1S/C6H18P2/c1-3-5-7-8-6-4-2/h7H,3-6H2,1-2,8H3. The maximum atomic E-state index is 2.30. The van der Waals surface area contributed by atoms with Crippen molar-refractivity contribution in [3.63, 3.8) is 0 Å². The molecule has 0 heterocycles. The fourth-order valence-electron chi connectivity index (χ4n) is 0.604. The van der Waals surface area contributed by atoms with Crippen LogP contribution in [0.1, 0.15) is 26.7 Å². The first kappa shape index (κ1) is 8.86. The molecule has 1 unspecified atom stereocenters. The van der Waals surface area contributed by atoms with E-state index in [0.29, 0.717) is 8.27 Å². The van der Waals surface area contributed by atoms with E-state index in [1.54, 1.807) is 6.16 Å². The second kappa shape index (κ2) is 7.86. The van der Waals surface area contributed by atoms with Crippen LogP contribution in [0.25, 0.3) is 0 Å². The van der Waals surface area contributed by atoms with Crippen molar-refractivity contribution in [2.75, 3.05) is 12.3 Å². The monoisotopic (exact) mass is 152 g/mol. The van der Waals surface area contributed by atoms with Crippen LogP contribution in [-0.4, -0.2) is 12.3 Å². The molecular weight excluding hydrogens is 134 g/mol. The Morgan fingerprint density at radius 1 is 1.25 bits per heavy atom.